The zero-order chi connectivity index (χ0) is 17.0. The normalized spacial score (nSPS) is 11.9. The van der Waals surface area contributed by atoms with Gasteiger partial charge in [-0.3, -0.25) is 0 Å². The molecule has 1 aromatic carbocycles. The molecule has 8 heteroatoms. The van der Waals surface area contributed by atoms with Crippen LogP contribution in [0.4, 0.5) is 23.7 Å². The number of ether oxygens (including phenoxy) is 2. The predicted octanol–water partition coefficient (Wildman–Crippen LogP) is 3.19. The molecule has 0 bridgehead atoms. The van der Waals surface area contributed by atoms with Crippen LogP contribution in [-0.4, -0.2) is 24.8 Å². The molecule has 5 nitrogen and oxygen atoms in total. The lowest BCUT2D eigenvalue weighted by Gasteiger charge is -2.19. The molecule has 124 valence electrons. The van der Waals surface area contributed by atoms with Crippen molar-refractivity contribution in [2.45, 2.75) is 32.5 Å². The molecule has 22 heavy (non-hydrogen) atoms. The van der Waals surface area contributed by atoms with E-state index in [-0.39, 0.29) is 24.6 Å². The number of alkyl halides is 3. The van der Waals surface area contributed by atoms with Crippen molar-refractivity contribution in [2.24, 2.45) is 0 Å². The highest BCUT2D eigenvalue weighted by atomic mass is 19.4. The van der Waals surface area contributed by atoms with Gasteiger partial charge in [-0.15, -0.1) is 0 Å². The van der Waals surface area contributed by atoms with Crippen LogP contribution in [0.2, 0.25) is 0 Å². The molecule has 0 aromatic heterocycles. The molecule has 0 fully saturated rings. The van der Waals surface area contributed by atoms with Crippen LogP contribution in [0.3, 0.4) is 0 Å². The number of nitrogens with two attached hydrogens (primary N) is 1. The van der Waals surface area contributed by atoms with E-state index in [1.54, 1.807) is 20.8 Å². The molecule has 1 rings (SSSR count). The number of hydrogen-bond donors (Lipinski definition) is 2. The van der Waals surface area contributed by atoms with Crippen molar-refractivity contribution in [1.29, 1.82) is 0 Å². The van der Waals surface area contributed by atoms with Gasteiger partial charge >= 0.3 is 12.3 Å². The maximum absolute atomic E-state index is 12.7. The summed E-state index contributed by atoms with van der Waals surface area (Å²) in [5.74, 6) is 0.0208. The molecule has 0 unspecified atom stereocenters. The highest BCUT2D eigenvalue weighted by Gasteiger charge is 2.33. The average Bonchev–Trinajstić information content (AvgIpc) is 2.33. The van der Waals surface area contributed by atoms with Gasteiger partial charge in [0.1, 0.15) is 18.0 Å². The van der Waals surface area contributed by atoms with Crippen molar-refractivity contribution in [3.05, 3.63) is 23.8 Å². The highest BCUT2D eigenvalue weighted by molar-refractivity contribution is 5.67. The molecule has 0 atom stereocenters. The number of carbonyl (C=O) groups is 1. The predicted molar refractivity (Wildman–Crippen MR) is 75.6 cm³/mol. The van der Waals surface area contributed by atoms with E-state index in [1.165, 1.54) is 6.07 Å². The Balaban J connectivity index is 2.48. The van der Waals surface area contributed by atoms with Crippen LogP contribution < -0.4 is 15.8 Å². The van der Waals surface area contributed by atoms with Gasteiger partial charge in [0.2, 0.25) is 0 Å². The summed E-state index contributed by atoms with van der Waals surface area (Å²) in [7, 11) is 0. The lowest BCUT2D eigenvalue weighted by molar-refractivity contribution is -0.137. The lowest BCUT2D eigenvalue weighted by Crippen LogP contribution is -2.34. The second-order valence-electron chi connectivity index (χ2n) is 5.52. The maximum atomic E-state index is 12.7. The summed E-state index contributed by atoms with van der Waals surface area (Å²) in [4.78, 5) is 11.3. The first-order valence-electron chi connectivity index (χ1n) is 6.55. The van der Waals surface area contributed by atoms with Gasteiger partial charge < -0.3 is 20.5 Å². The number of nitrogens with one attached hydrogen (secondary N) is 1. The number of halogens is 3. The van der Waals surface area contributed by atoms with Gasteiger partial charge in [0, 0.05) is 5.69 Å². The topological polar surface area (TPSA) is 73.6 Å². The zero-order valence-electron chi connectivity index (χ0n) is 12.6. The minimum absolute atomic E-state index is 0.000454. The Hall–Kier alpha value is -2.12. The molecule has 0 radical (unpaired) electrons. The first-order chi connectivity index (χ1) is 9.99. The Labute approximate surface area is 126 Å². The Bertz CT molecular complexity index is 525. The van der Waals surface area contributed by atoms with E-state index in [2.05, 4.69) is 5.32 Å². The van der Waals surface area contributed by atoms with Gasteiger partial charge in [-0.2, -0.15) is 13.2 Å². The van der Waals surface area contributed by atoms with Gasteiger partial charge in [0.05, 0.1) is 12.1 Å². The number of hydrogen-bond acceptors (Lipinski definition) is 4. The highest BCUT2D eigenvalue weighted by Crippen LogP contribution is 2.35. The fourth-order valence-electron chi connectivity index (χ4n) is 1.51. The summed E-state index contributed by atoms with van der Waals surface area (Å²) in [6.07, 6.45) is -5.16. The molecule has 0 aliphatic heterocycles. The second kappa shape index (κ2) is 6.76. The summed E-state index contributed by atoms with van der Waals surface area (Å²) >= 11 is 0. The van der Waals surface area contributed by atoms with Crippen LogP contribution in [0.15, 0.2) is 18.2 Å². The number of carbonyl (C=O) groups excluding carboxylic acids is 1. The molecule has 0 saturated carbocycles. The van der Waals surface area contributed by atoms with E-state index in [9.17, 15) is 18.0 Å². The summed E-state index contributed by atoms with van der Waals surface area (Å²) < 4.78 is 48.2. The van der Waals surface area contributed by atoms with E-state index in [0.29, 0.717) is 0 Å². The molecule has 0 aliphatic carbocycles. The minimum Gasteiger partial charge on any atom is -0.492 e. The molecule has 0 spiro atoms. The van der Waals surface area contributed by atoms with Crippen molar-refractivity contribution in [1.82, 2.24) is 5.32 Å². The van der Waals surface area contributed by atoms with Crippen molar-refractivity contribution < 1.29 is 27.4 Å². The molecule has 3 N–H and O–H groups in total. The fraction of sp³-hybridized carbons (Fsp3) is 0.500. The van der Waals surface area contributed by atoms with Crippen LogP contribution in [0.1, 0.15) is 26.3 Å². The largest absolute Gasteiger partial charge is 0.492 e. The van der Waals surface area contributed by atoms with E-state index in [4.69, 9.17) is 15.2 Å². The van der Waals surface area contributed by atoms with Crippen LogP contribution >= 0.6 is 0 Å². The van der Waals surface area contributed by atoms with Crippen LogP contribution in [-0.2, 0) is 10.9 Å². The molecular formula is C14H19F3N2O3. The summed E-state index contributed by atoms with van der Waals surface area (Å²) in [6, 6.07) is 3.28. The third-order valence-corrected chi connectivity index (χ3v) is 2.37. The summed E-state index contributed by atoms with van der Waals surface area (Å²) in [5.41, 5.74) is 3.34. The van der Waals surface area contributed by atoms with Gasteiger partial charge in [-0.25, -0.2) is 4.79 Å². The van der Waals surface area contributed by atoms with Crippen LogP contribution in [0.25, 0.3) is 0 Å². The van der Waals surface area contributed by atoms with E-state index in [0.717, 1.165) is 12.1 Å². The monoisotopic (exact) mass is 320 g/mol. The second-order valence-corrected chi connectivity index (χ2v) is 5.52. The van der Waals surface area contributed by atoms with Crippen molar-refractivity contribution in [3.8, 4) is 5.75 Å². The minimum atomic E-state index is -4.54. The number of rotatable bonds is 4. The summed E-state index contributed by atoms with van der Waals surface area (Å²) in [6.45, 7) is 5.25. The zero-order valence-corrected chi connectivity index (χ0v) is 12.6. The number of amides is 1. The average molecular weight is 320 g/mol. The quantitative estimate of drug-likeness (QED) is 0.660. The van der Waals surface area contributed by atoms with Crippen LogP contribution in [0, 0.1) is 0 Å². The van der Waals surface area contributed by atoms with Gasteiger partial charge in [-0.1, -0.05) is 0 Å². The Morgan fingerprint density at radius 2 is 1.91 bits per heavy atom. The Morgan fingerprint density at radius 1 is 1.27 bits per heavy atom. The standard InChI is InChI=1S/C14H19F3N2O3/c1-13(2,3)22-12(20)19-6-7-21-9-4-5-11(18)10(8-9)14(15,16)17/h4-5,8H,6-7,18H2,1-3H3,(H,19,20). The third-order valence-electron chi connectivity index (χ3n) is 2.37. The molecular weight excluding hydrogens is 301 g/mol. The van der Waals surface area contributed by atoms with Crippen LogP contribution in [0.5, 0.6) is 5.75 Å². The molecule has 1 amide bonds. The lowest BCUT2D eigenvalue weighted by atomic mass is 10.1. The summed E-state index contributed by atoms with van der Waals surface area (Å²) in [5, 5.41) is 2.43. The maximum Gasteiger partial charge on any atom is 0.418 e. The Kier molecular flexibility index (Phi) is 5.51. The van der Waals surface area contributed by atoms with E-state index in [1.807, 2.05) is 0 Å². The molecule has 0 aliphatic rings. The van der Waals surface area contributed by atoms with Gasteiger partial charge in [0.25, 0.3) is 0 Å². The van der Waals surface area contributed by atoms with E-state index < -0.39 is 23.4 Å². The SMILES string of the molecule is CC(C)(C)OC(=O)NCCOc1ccc(N)c(C(F)(F)F)c1. The number of benzene rings is 1. The molecule has 1 aromatic rings. The van der Waals surface area contributed by atoms with Crippen molar-refractivity contribution >= 4 is 11.8 Å². The number of anilines is 1. The van der Waals surface area contributed by atoms with Gasteiger partial charge in [0.15, 0.2) is 0 Å². The first kappa shape index (κ1) is 17.9. The van der Waals surface area contributed by atoms with E-state index >= 15 is 0 Å². The smallest absolute Gasteiger partial charge is 0.418 e. The third kappa shape index (κ3) is 6.11. The van der Waals surface area contributed by atoms with Gasteiger partial charge in [-0.05, 0) is 39.0 Å². The number of alkyl carbamates (subject to hydrolysis) is 1. The Morgan fingerprint density at radius 3 is 2.45 bits per heavy atom. The first-order valence-corrected chi connectivity index (χ1v) is 6.55. The molecule has 0 heterocycles. The van der Waals surface area contributed by atoms with Crippen molar-refractivity contribution in [3.63, 3.8) is 0 Å². The molecule has 0 saturated heterocycles. The number of nitrogen functional groups attached to an aromatic ring is 1. The van der Waals surface area contributed by atoms with Crippen molar-refractivity contribution in [2.75, 3.05) is 18.9 Å². The fourth-order valence-corrected chi connectivity index (χ4v) is 1.51.